The van der Waals surface area contributed by atoms with Crippen LogP contribution in [0.3, 0.4) is 0 Å². The van der Waals surface area contributed by atoms with Gasteiger partial charge in [0, 0.05) is 31.4 Å². The molecule has 0 radical (unpaired) electrons. The van der Waals surface area contributed by atoms with Gasteiger partial charge in [0.25, 0.3) is 0 Å². The number of nitrogens with zero attached hydrogens (tertiary/aromatic N) is 4. The molecule has 4 aromatic rings. The van der Waals surface area contributed by atoms with Gasteiger partial charge in [0.15, 0.2) is 5.65 Å². The molecular formula is C24H24N4O3. The van der Waals surface area contributed by atoms with Crippen molar-refractivity contribution in [1.82, 2.24) is 19.4 Å². The zero-order valence-corrected chi connectivity index (χ0v) is 17.5. The Kier molecular flexibility index (Phi) is 5.02. The number of carbonyl (C=O) groups is 2. The molecular weight excluding hydrogens is 392 g/mol. The average molecular weight is 416 g/mol. The van der Waals surface area contributed by atoms with Gasteiger partial charge in [-0.15, -0.1) is 0 Å². The summed E-state index contributed by atoms with van der Waals surface area (Å²) in [5, 5.41) is 1.04. The molecule has 0 N–H and O–H groups in total. The van der Waals surface area contributed by atoms with E-state index in [2.05, 4.69) is 16.7 Å². The maximum absolute atomic E-state index is 12.9. The Bertz CT molecular complexity index is 1290. The van der Waals surface area contributed by atoms with E-state index < -0.39 is 0 Å². The third-order valence-electron chi connectivity index (χ3n) is 6.19. The highest BCUT2D eigenvalue weighted by Crippen LogP contribution is 2.28. The molecule has 7 nitrogen and oxygen atoms in total. The van der Waals surface area contributed by atoms with E-state index in [1.54, 1.807) is 0 Å². The Morgan fingerprint density at radius 3 is 2.42 bits per heavy atom. The average Bonchev–Trinajstić information content (AvgIpc) is 3.13. The Hall–Kier alpha value is -3.48. The number of fused-ring (bicyclic) bond motifs is 4. The highest BCUT2D eigenvalue weighted by Gasteiger charge is 2.28. The fourth-order valence-electron chi connectivity index (χ4n) is 4.51. The van der Waals surface area contributed by atoms with Crippen LogP contribution in [0.2, 0.25) is 0 Å². The summed E-state index contributed by atoms with van der Waals surface area (Å²) in [7, 11) is 1.41. The summed E-state index contributed by atoms with van der Waals surface area (Å²) in [6.07, 6.45) is 1.70. The third-order valence-corrected chi connectivity index (χ3v) is 6.19. The van der Waals surface area contributed by atoms with Crippen molar-refractivity contribution >= 4 is 45.0 Å². The monoisotopic (exact) mass is 416 g/mol. The Labute approximate surface area is 179 Å². The number of aryl methyl sites for hydroxylation is 1. The van der Waals surface area contributed by atoms with Crippen LogP contribution in [0.4, 0.5) is 0 Å². The molecule has 0 saturated carbocycles. The molecule has 31 heavy (non-hydrogen) atoms. The molecule has 1 amide bonds. The van der Waals surface area contributed by atoms with Gasteiger partial charge in [-0.2, -0.15) is 0 Å². The number of carbonyl (C=O) groups excluding carboxylic acids is 2. The van der Waals surface area contributed by atoms with Gasteiger partial charge in [-0.25, -0.2) is 9.97 Å². The van der Waals surface area contributed by atoms with Crippen molar-refractivity contribution in [3.8, 4) is 0 Å². The second-order valence-corrected chi connectivity index (χ2v) is 7.98. The first-order valence-corrected chi connectivity index (χ1v) is 10.6. The van der Waals surface area contributed by atoms with E-state index >= 15 is 0 Å². The largest absolute Gasteiger partial charge is 0.469 e. The van der Waals surface area contributed by atoms with E-state index in [1.807, 2.05) is 41.3 Å². The van der Waals surface area contributed by atoms with Crippen LogP contribution in [0.1, 0.15) is 19.3 Å². The van der Waals surface area contributed by atoms with Crippen LogP contribution in [0.5, 0.6) is 0 Å². The van der Waals surface area contributed by atoms with Crippen molar-refractivity contribution in [1.29, 1.82) is 0 Å². The molecule has 2 aromatic carbocycles. The highest BCUT2D eigenvalue weighted by molar-refractivity contribution is 6.06. The van der Waals surface area contributed by atoms with Gasteiger partial charge in [-0.3, -0.25) is 9.59 Å². The van der Waals surface area contributed by atoms with Gasteiger partial charge in [-0.05, 0) is 31.0 Å². The molecule has 1 aliphatic rings. The summed E-state index contributed by atoms with van der Waals surface area (Å²) in [6.45, 7) is 1.72. The number of hydrogen-bond acceptors (Lipinski definition) is 5. The minimum Gasteiger partial charge on any atom is -0.469 e. The first kappa shape index (κ1) is 19.5. The molecule has 1 saturated heterocycles. The standard InChI is InChI=1S/C24H24N4O3/c1-31-24(30)16-10-13-27(14-11-16)21(29)12-15-28-20-9-5-2-6-17(20)22-23(28)26-19-8-4-3-7-18(19)25-22/h2-9,16H,10-15H2,1H3. The number of likely N-dealkylation sites (tertiary alicyclic amines) is 1. The number of para-hydroxylation sites is 3. The van der Waals surface area contributed by atoms with Crippen molar-refractivity contribution in [2.75, 3.05) is 20.2 Å². The maximum atomic E-state index is 12.9. The summed E-state index contributed by atoms with van der Waals surface area (Å²) in [5.41, 5.74) is 4.40. The molecule has 2 aromatic heterocycles. The number of rotatable bonds is 4. The van der Waals surface area contributed by atoms with Crippen molar-refractivity contribution in [2.24, 2.45) is 5.92 Å². The number of methoxy groups -OCH3 is 1. The second-order valence-electron chi connectivity index (χ2n) is 7.98. The Balaban J connectivity index is 1.40. The number of benzene rings is 2. The first-order chi connectivity index (χ1) is 15.2. The normalized spacial score (nSPS) is 15.1. The Morgan fingerprint density at radius 1 is 1.00 bits per heavy atom. The maximum Gasteiger partial charge on any atom is 0.308 e. The molecule has 158 valence electrons. The number of amides is 1. The van der Waals surface area contributed by atoms with Crippen LogP contribution in [0.15, 0.2) is 48.5 Å². The molecule has 0 spiro atoms. The number of ether oxygens (including phenoxy) is 1. The van der Waals surface area contributed by atoms with Gasteiger partial charge in [0.2, 0.25) is 5.91 Å². The lowest BCUT2D eigenvalue weighted by molar-refractivity contribution is -0.148. The molecule has 0 bridgehead atoms. The lowest BCUT2D eigenvalue weighted by Crippen LogP contribution is -2.40. The number of hydrogen-bond donors (Lipinski definition) is 0. The zero-order valence-electron chi connectivity index (χ0n) is 17.5. The van der Waals surface area contributed by atoms with Crippen LogP contribution < -0.4 is 0 Å². The second kappa shape index (κ2) is 7.98. The van der Waals surface area contributed by atoms with Crippen LogP contribution in [-0.2, 0) is 20.9 Å². The summed E-state index contributed by atoms with van der Waals surface area (Å²) >= 11 is 0. The highest BCUT2D eigenvalue weighted by atomic mass is 16.5. The SMILES string of the molecule is COC(=O)C1CCN(C(=O)CCn2c3ccccc3c3nc4ccccc4nc32)CC1. The number of piperidine rings is 1. The van der Waals surface area contributed by atoms with E-state index in [1.165, 1.54) is 7.11 Å². The molecule has 1 fully saturated rings. The van der Waals surface area contributed by atoms with Crippen LogP contribution in [0.25, 0.3) is 33.1 Å². The smallest absolute Gasteiger partial charge is 0.308 e. The molecule has 1 aliphatic heterocycles. The summed E-state index contributed by atoms with van der Waals surface area (Å²) in [4.78, 5) is 36.2. The fourth-order valence-corrected chi connectivity index (χ4v) is 4.51. The van der Waals surface area contributed by atoms with E-state index in [0.717, 1.165) is 33.1 Å². The van der Waals surface area contributed by atoms with Gasteiger partial charge in [0.05, 0.1) is 29.6 Å². The van der Waals surface area contributed by atoms with Gasteiger partial charge < -0.3 is 14.2 Å². The molecule has 0 aliphatic carbocycles. The zero-order chi connectivity index (χ0) is 21.4. The molecule has 5 rings (SSSR count). The van der Waals surface area contributed by atoms with Gasteiger partial charge >= 0.3 is 5.97 Å². The molecule has 0 unspecified atom stereocenters. The van der Waals surface area contributed by atoms with Crippen LogP contribution in [0, 0.1) is 5.92 Å². The van der Waals surface area contributed by atoms with Gasteiger partial charge in [-0.1, -0.05) is 30.3 Å². The van der Waals surface area contributed by atoms with Gasteiger partial charge in [0.1, 0.15) is 5.52 Å². The van der Waals surface area contributed by atoms with E-state index in [-0.39, 0.29) is 17.8 Å². The summed E-state index contributed by atoms with van der Waals surface area (Å²) in [6, 6.07) is 15.9. The third kappa shape index (κ3) is 3.50. The number of esters is 1. The van der Waals surface area contributed by atoms with E-state index in [4.69, 9.17) is 14.7 Å². The molecule has 3 heterocycles. The van der Waals surface area contributed by atoms with Crippen LogP contribution >= 0.6 is 0 Å². The molecule has 7 heteroatoms. The quantitative estimate of drug-likeness (QED) is 0.476. The first-order valence-electron chi connectivity index (χ1n) is 10.6. The number of aromatic nitrogens is 3. The van der Waals surface area contributed by atoms with E-state index in [0.29, 0.717) is 38.9 Å². The topological polar surface area (TPSA) is 77.3 Å². The Morgan fingerprint density at radius 2 is 1.68 bits per heavy atom. The summed E-state index contributed by atoms with van der Waals surface area (Å²) < 4.78 is 6.94. The van der Waals surface area contributed by atoms with Crippen molar-refractivity contribution in [3.63, 3.8) is 0 Å². The van der Waals surface area contributed by atoms with Crippen molar-refractivity contribution < 1.29 is 14.3 Å². The fraction of sp³-hybridized carbons (Fsp3) is 0.333. The van der Waals surface area contributed by atoms with E-state index in [9.17, 15) is 9.59 Å². The lowest BCUT2D eigenvalue weighted by atomic mass is 9.97. The molecule has 0 atom stereocenters. The predicted octanol–water partition coefficient (Wildman–Crippen LogP) is 3.54. The summed E-state index contributed by atoms with van der Waals surface area (Å²) in [5.74, 6) is -0.180. The van der Waals surface area contributed by atoms with Crippen molar-refractivity contribution in [2.45, 2.75) is 25.8 Å². The van der Waals surface area contributed by atoms with Crippen molar-refractivity contribution in [3.05, 3.63) is 48.5 Å². The minimum atomic E-state index is -0.178. The lowest BCUT2D eigenvalue weighted by Gasteiger charge is -2.30. The van der Waals surface area contributed by atoms with Crippen LogP contribution in [-0.4, -0.2) is 51.5 Å². The minimum absolute atomic E-state index is 0.1000. The predicted molar refractivity (Wildman–Crippen MR) is 118 cm³/mol.